The number of aliphatic hydroxyl groups is 2. The lowest BCUT2D eigenvalue weighted by atomic mass is 9.50. The van der Waals surface area contributed by atoms with Crippen LogP contribution in [0.1, 0.15) is 98.8 Å². The van der Waals surface area contributed by atoms with E-state index >= 15 is 0 Å². The maximum absolute atomic E-state index is 12.5. The molecule has 170 valence electrons. The Morgan fingerprint density at radius 3 is 2.43 bits per heavy atom. The van der Waals surface area contributed by atoms with Gasteiger partial charge < -0.3 is 10.2 Å². The third-order valence-electron chi connectivity index (χ3n) is 10.0. The molecule has 0 aromatic carbocycles. The lowest BCUT2D eigenvalue weighted by Crippen LogP contribution is -2.52. The van der Waals surface area contributed by atoms with Crippen LogP contribution >= 0.6 is 0 Å². The molecule has 0 heterocycles. The third kappa shape index (κ3) is 3.52. The van der Waals surface area contributed by atoms with E-state index in [2.05, 4.69) is 34.6 Å². The van der Waals surface area contributed by atoms with Gasteiger partial charge in [-0.25, -0.2) is 0 Å². The first kappa shape index (κ1) is 22.5. The van der Waals surface area contributed by atoms with Gasteiger partial charge in [-0.3, -0.25) is 4.79 Å². The second-order valence-corrected chi connectivity index (χ2v) is 12.2. The van der Waals surface area contributed by atoms with Crippen LogP contribution in [0.4, 0.5) is 0 Å². The minimum atomic E-state index is -0.561. The quantitative estimate of drug-likeness (QED) is 0.567. The van der Waals surface area contributed by atoms with Gasteiger partial charge in [0.25, 0.3) is 0 Å². The summed E-state index contributed by atoms with van der Waals surface area (Å²) in [6.07, 6.45) is 9.15. The fourth-order valence-corrected chi connectivity index (χ4v) is 8.54. The average Bonchev–Trinajstić information content (AvgIpc) is 3.01. The normalized spacial score (nSPS) is 44.5. The molecule has 3 nitrogen and oxygen atoms in total. The predicted octanol–water partition coefficient (Wildman–Crippen LogP) is 5.68. The van der Waals surface area contributed by atoms with Crippen molar-refractivity contribution >= 4 is 5.78 Å². The highest BCUT2D eigenvalue weighted by atomic mass is 16.3. The molecule has 30 heavy (non-hydrogen) atoms. The number of hydrogen-bond donors (Lipinski definition) is 2. The largest absolute Gasteiger partial charge is 0.390 e. The molecule has 0 aromatic heterocycles. The minimum Gasteiger partial charge on any atom is -0.390 e. The van der Waals surface area contributed by atoms with E-state index in [1.807, 2.05) is 0 Å². The predicted molar refractivity (Wildman–Crippen MR) is 121 cm³/mol. The molecule has 0 saturated heterocycles. The number of rotatable bonds is 5. The fourth-order valence-electron chi connectivity index (χ4n) is 8.54. The molecule has 3 heteroatoms. The molecule has 2 fully saturated rings. The summed E-state index contributed by atoms with van der Waals surface area (Å²) in [5.41, 5.74) is 3.77. The van der Waals surface area contributed by atoms with E-state index in [-0.39, 0.29) is 11.3 Å². The van der Waals surface area contributed by atoms with E-state index < -0.39 is 12.2 Å². The molecule has 4 rings (SSSR count). The van der Waals surface area contributed by atoms with Gasteiger partial charge in [0.05, 0.1) is 12.2 Å². The number of fused-ring (bicyclic) bond motifs is 4. The SMILES string of the molecule is CC(C)CC(=O)C[C@@H](C)[C@H]1CC[C@H]2C3=C(CC[C@]12C)[C@@]1(C)CC[C@H](O)[C@H](O)[C@@H]1CC3. The summed E-state index contributed by atoms with van der Waals surface area (Å²) >= 11 is 0. The Bertz CT molecular complexity index is 709. The molecule has 0 amide bonds. The number of allylic oxidation sites excluding steroid dienone is 2. The summed E-state index contributed by atoms with van der Waals surface area (Å²) in [4.78, 5) is 12.5. The van der Waals surface area contributed by atoms with Gasteiger partial charge in [0.15, 0.2) is 0 Å². The minimum absolute atomic E-state index is 0.0739. The van der Waals surface area contributed by atoms with Gasteiger partial charge in [-0.15, -0.1) is 0 Å². The van der Waals surface area contributed by atoms with E-state index in [1.165, 1.54) is 19.3 Å². The van der Waals surface area contributed by atoms with Crippen LogP contribution in [0.5, 0.6) is 0 Å². The van der Waals surface area contributed by atoms with Gasteiger partial charge in [-0.1, -0.05) is 45.8 Å². The van der Waals surface area contributed by atoms with Gasteiger partial charge in [-0.05, 0) is 91.8 Å². The highest BCUT2D eigenvalue weighted by molar-refractivity contribution is 5.78. The standard InChI is InChI=1S/C27H44O3/c1-16(2)14-18(28)15-17(3)20-8-9-21-19-6-7-23-25(30)24(29)11-13-27(23,5)22(19)10-12-26(20,21)4/h16-17,20-21,23-25,29-30H,6-15H2,1-5H3/t17-,20-,21+,23+,24+,25-,26-,27-/m1/s1. The summed E-state index contributed by atoms with van der Waals surface area (Å²) in [5, 5.41) is 21.0. The Morgan fingerprint density at radius 2 is 1.73 bits per heavy atom. The first-order valence-corrected chi connectivity index (χ1v) is 12.7. The zero-order valence-electron chi connectivity index (χ0n) is 19.9. The van der Waals surface area contributed by atoms with Gasteiger partial charge in [0.1, 0.15) is 5.78 Å². The van der Waals surface area contributed by atoms with Crippen molar-refractivity contribution in [2.45, 2.75) is 111 Å². The second kappa shape index (κ2) is 8.03. The van der Waals surface area contributed by atoms with Crippen LogP contribution in [-0.2, 0) is 4.79 Å². The monoisotopic (exact) mass is 416 g/mol. The summed E-state index contributed by atoms with van der Waals surface area (Å²) in [7, 11) is 0. The number of hydrogen-bond acceptors (Lipinski definition) is 3. The van der Waals surface area contributed by atoms with Crippen molar-refractivity contribution in [3.63, 3.8) is 0 Å². The summed E-state index contributed by atoms with van der Waals surface area (Å²) in [6.45, 7) is 11.5. The van der Waals surface area contributed by atoms with E-state index in [0.717, 1.165) is 44.9 Å². The third-order valence-corrected chi connectivity index (χ3v) is 10.0. The van der Waals surface area contributed by atoms with Crippen LogP contribution in [0.15, 0.2) is 11.1 Å². The van der Waals surface area contributed by atoms with Crippen LogP contribution < -0.4 is 0 Å². The summed E-state index contributed by atoms with van der Waals surface area (Å²) in [6, 6.07) is 0. The average molecular weight is 417 g/mol. The summed E-state index contributed by atoms with van der Waals surface area (Å²) in [5.74, 6) is 2.91. The zero-order valence-corrected chi connectivity index (χ0v) is 19.9. The first-order chi connectivity index (χ1) is 14.1. The topological polar surface area (TPSA) is 57.5 Å². The smallest absolute Gasteiger partial charge is 0.133 e. The van der Waals surface area contributed by atoms with E-state index in [9.17, 15) is 15.0 Å². The Kier molecular flexibility index (Phi) is 6.03. The van der Waals surface area contributed by atoms with Crippen molar-refractivity contribution in [3.05, 3.63) is 11.1 Å². The van der Waals surface area contributed by atoms with Crippen molar-refractivity contribution < 1.29 is 15.0 Å². The molecule has 2 saturated carbocycles. The molecule has 0 aromatic rings. The van der Waals surface area contributed by atoms with Gasteiger partial charge in [0.2, 0.25) is 0 Å². The number of ketones is 1. The Morgan fingerprint density at radius 1 is 1.00 bits per heavy atom. The lowest BCUT2D eigenvalue weighted by molar-refractivity contribution is -0.121. The maximum Gasteiger partial charge on any atom is 0.133 e. The first-order valence-electron chi connectivity index (χ1n) is 12.7. The van der Waals surface area contributed by atoms with E-state index in [1.54, 1.807) is 11.1 Å². The molecule has 0 bridgehead atoms. The number of carbonyl (C=O) groups excluding carboxylic acids is 1. The molecule has 2 N–H and O–H groups in total. The van der Waals surface area contributed by atoms with E-state index in [0.29, 0.717) is 34.9 Å². The molecular formula is C27H44O3. The van der Waals surface area contributed by atoms with Crippen LogP contribution in [-0.4, -0.2) is 28.2 Å². The number of carbonyl (C=O) groups is 1. The molecule has 4 aliphatic carbocycles. The van der Waals surface area contributed by atoms with Crippen LogP contribution in [0, 0.1) is 40.4 Å². The van der Waals surface area contributed by atoms with Crippen molar-refractivity contribution in [1.82, 2.24) is 0 Å². The van der Waals surface area contributed by atoms with Gasteiger partial charge >= 0.3 is 0 Å². The van der Waals surface area contributed by atoms with Crippen LogP contribution in [0.25, 0.3) is 0 Å². The Labute approximate surface area is 183 Å². The van der Waals surface area contributed by atoms with Gasteiger partial charge in [0, 0.05) is 12.8 Å². The van der Waals surface area contributed by atoms with Crippen molar-refractivity contribution in [3.8, 4) is 0 Å². The number of Topliss-reactive ketones (excluding diaryl/α,β-unsaturated/α-hetero) is 1. The fraction of sp³-hybridized carbons (Fsp3) is 0.889. The molecule has 0 spiro atoms. The maximum atomic E-state index is 12.5. The van der Waals surface area contributed by atoms with E-state index in [4.69, 9.17) is 0 Å². The van der Waals surface area contributed by atoms with Crippen molar-refractivity contribution in [2.24, 2.45) is 40.4 Å². The van der Waals surface area contributed by atoms with Crippen molar-refractivity contribution in [2.75, 3.05) is 0 Å². The zero-order chi connectivity index (χ0) is 21.8. The summed E-state index contributed by atoms with van der Waals surface area (Å²) < 4.78 is 0. The second-order valence-electron chi connectivity index (χ2n) is 12.2. The van der Waals surface area contributed by atoms with Crippen LogP contribution in [0.2, 0.25) is 0 Å². The molecule has 0 radical (unpaired) electrons. The number of aliphatic hydroxyl groups excluding tert-OH is 2. The highest BCUT2D eigenvalue weighted by Crippen LogP contribution is 2.65. The van der Waals surface area contributed by atoms with Crippen LogP contribution in [0.3, 0.4) is 0 Å². The Balaban J connectivity index is 1.56. The van der Waals surface area contributed by atoms with Gasteiger partial charge in [-0.2, -0.15) is 0 Å². The molecular weight excluding hydrogens is 372 g/mol. The highest BCUT2D eigenvalue weighted by Gasteiger charge is 2.57. The Hall–Kier alpha value is -0.670. The molecule has 8 atom stereocenters. The van der Waals surface area contributed by atoms with Crippen molar-refractivity contribution in [1.29, 1.82) is 0 Å². The molecule has 0 unspecified atom stereocenters. The lowest BCUT2D eigenvalue weighted by Gasteiger charge is -2.56. The molecule has 4 aliphatic rings. The molecule has 0 aliphatic heterocycles.